The molecule has 5 heteroatoms. The van der Waals surface area contributed by atoms with E-state index in [0.29, 0.717) is 29.8 Å². The maximum atomic E-state index is 13.1. The molecule has 1 heterocycles. The SMILES string of the molecule is COc1ccccc1N1C[C@H](C(=O)Nc2c(C(C)C)cccc2C(C)C)CC1=O. The quantitative estimate of drug-likeness (QED) is 0.755. The van der Waals surface area contributed by atoms with Gasteiger partial charge in [-0.05, 0) is 35.1 Å². The van der Waals surface area contributed by atoms with Crippen LogP contribution < -0.4 is 15.0 Å². The second-order valence-corrected chi connectivity index (χ2v) is 8.19. The number of anilines is 2. The van der Waals surface area contributed by atoms with Gasteiger partial charge < -0.3 is 15.0 Å². The Labute approximate surface area is 173 Å². The van der Waals surface area contributed by atoms with Gasteiger partial charge >= 0.3 is 0 Å². The summed E-state index contributed by atoms with van der Waals surface area (Å²) in [6.07, 6.45) is 0.199. The Bertz CT molecular complexity index is 878. The molecule has 1 aliphatic rings. The highest BCUT2D eigenvalue weighted by Crippen LogP contribution is 2.35. The summed E-state index contributed by atoms with van der Waals surface area (Å²) in [6, 6.07) is 13.6. The number of benzene rings is 2. The molecule has 0 aromatic heterocycles. The molecule has 1 saturated heterocycles. The van der Waals surface area contributed by atoms with E-state index in [0.717, 1.165) is 16.8 Å². The van der Waals surface area contributed by atoms with Crippen molar-refractivity contribution in [2.24, 2.45) is 5.92 Å². The minimum atomic E-state index is -0.396. The summed E-state index contributed by atoms with van der Waals surface area (Å²) in [5.41, 5.74) is 3.84. The highest BCUT2D eigenvalue weighted by molar-refractivity contribution is 6.04. The Morgan fingerprint density at radius 2 is 1.66 bits per heavy atom. The van der Waals surface area contributed by atoms with Crippen LogP contribution in [0.3, 0.4) is 0 Å². The number of nitrogens with zero attached hydrogens (tertiary/aromatic N) is 1. The molecule has 0 spiro atoms. The molecule has 3 rings (SSSR count). The molecule has 2 amide bonds. The number of rotatable bonds is 6. The van der Waals surface area contributed by atoms with Crippen LogP contribution in [-0.2, 0) is 9.59 Å². The number of hydrogen-bond donors (Lipinski definition) is 1. The predicted molar refractivity (Wildman–Crippen MR) is 117 cm³/mol. The predicted octanol–water partition coefficient (Wildman–Crippen LogP) is 4.93. The first-order chi connectivity index (χ1) is 13.8. The highest BCUT2D eigenvalue weighted by atomic mass is 16.5. The Hall–Kier alpha value is -2.82. The molecule has 154 valence electrons. The molecule has 1 fully saturated rings. The number of carbonyl (C=O) groups is 2. The lowest BCUT2D eigenvalue weighted by molar-refractivity contribution is -0.122. The summed E-state index contributed by atoms with van der Waals surface area (Å²) in [7, 11) is 1.58. The first-order valence-electron chi connectivity index (χ1n) is 10.2. The van der Waals surface area contributed by atoms with Crippen molar-refractivity contribution in [3.8, 4) is 5.75 Å². The number of carbonyl (C=O) groups excluding carboxylic acids is 2. The fourth-order valence-corrected chi connectivity index (χ4v) is 3.89. The molecule has 0 radical (unpaired) electrons. The molecule has 0 bridgehead atoms. The van der Waals surface area contributed by atoms with Crippen molar-refractivity contribution in [2.45, 2.75) is 46.0 Å². The van der Waals surface area contributed by atoms with Crippen molar-refractivity contribution < 1.29 is 14.3 Å². The lowest BCUT2D eigenvalue weighted by Gasteiger charge is -2.22. The largest absolute Gasteiger partial charge is 0.495 e. The second kappa shape index (κ2) is 8.68. The summed E-state index contributed by atoms with van der Waals surface area (Å²) in [5.74, 6) is 0.655. The molecule has 1 N–H and O–H groups in total. The average Bonchev–Trinajstić information content (AvgIpc) is 3.09. The number of methoxy groups -OCH3 is 1. The molecule has 2 aromatic rings. The van der Waals surface area contributed by atoms with E-state index in [2.05, 4.69) is 45.1 Å². The van der Waals surface area contributed by atoms with Gasteiger partial charge in [-0.2, -0.15) is 0 Å². The molecular formula is C24H30N2O3. The van der Waals surface area contributed by atoms with E-state index in [-0.39, 0.29) is 18.2 Å². The molecule has 1 aliphatic heterocycles. The zero-order chi connectivity index (χ0) is 21.1. The van der Waals surface area contributed by atoms with Crippen LogP contribution in [0.25, 0.3) is 0 Å². The van der Waals surface area contributed by atoms with Crippen molar-refractivity contribution in [1.82, 2.24) is 0 Å². The van der Waals surface area contributed by atoms with Crippen LogP contribution in [-0.4, -0.2) is 25.5 Å². The number of amides is 2. The van der Waals surface area contributed by atoms with E-state index in [1.54, 1.807) is 12.0 Å². The van der Waals surface area contributed by atoms with Crippen molar-refractivity contribution >= 4 is 23.2 Å². The van der Waals surface area contributed by atoms with E-state index in [9.17, 15) is 9.59 Å². The molecule has 1 atom stereocenters. The first-order valence-corrected chi connectivity index (χ1v) is 10.2. The number of para-hydroxylation sites is 3. The number of hydrogen-bond acceptors (Lipinski definition) is 3. The van der Waals surface area contributed by atoms with Crippen LogP contribution in [0.4, 0.5) is 11.4 Å². The Morgan fingerprint density at radius 1 is 1.03 bits per heavy atom. The van der Waals surface area contributed by atoms with Gasteiger partial charge in [0.05, 0.1) is 18.7 Å². The Kier molecular flexibility index (Phi) is 6.26. The average molecular weight is 395 g/mol. The lowest BCUT2D eigenvalue weighted by Crippen LogP contribution is -2.29. The van der Waals surface area contributed by atoms with E-state index in [1.165, 1.54) is 0 Å². The molecular weight excluding hydrogens is 364 g/mol. The summed E-state index contributed by atoms with van der Waals surface area (Å²) in [4.78, 5) is 27.4. The van der Waals surface area contributed by atoms with Crippen molar-refractivity contribution in [1.29, 1.82) is 0 Å². The smallest absolute Gasteiger partial charge is 0.229 e. The summed E-state index contributed by atoms with van der Waals surface area (Å²) >= 11 is 0. The molecule has 0 aliphatic carbocycles. The molecule has 29 heavy (non-hydrogen) atoms. The van der Waals surface area contributed by atoms with Crippen molar-refractivity contribution in [2.75, 3.05) is 23.9 Å². The summed E-state index contributed by atoms with van der Waals surface area (Å²) in [6.45, 7) is 8.84. The van der Waals surface area contributed by atoms with Gasteiger partial charge in [-0.3, -0.25) is 9.59 Å². The lowest BCUT2D eigenvalue weighted by atomic mass is 9.92. The molecule has 0 saturated carbocycles. The minimum Gasteiger partial charge on any atom is -0.495 e. The van der Waals surface area contributed by atoms with E-state index >= 15 is 0 Å². The normalized spacial score (nSPS) is 16.6. The van der Waals surface area contributed by atoms with Gasteiger partial charge in [-0.15, -0.1) is 0 Å². The van der Waals surface area contributed by atoms with Crippen LogP contribution in [0.15, 0.2) is 42.5 Å². The van der Waals surface area contributed by atoms with Gasteiger partial charge in [0.2, 0.25) is 11.8 Å². The third kappa shape index (κ3) is 4.29. The number of nitrogens with one attached hydrogen (secondary N) is 1. The zero-order valence-corrected chi connectivity index (χ0v) is 17.9. The van der Waals surface area contributed by atoms with Crippen LogP contribution in [0, 0.1) is 5.92 Å². The Morgan fingerprint density at radius 3 is 2.24 bits per heavy atom. The Balaban J connectivity index is 1.84. The minimum absolute atomic E-state index is 0.0594. The maximum Gasteiger partial charge on any atom is 0.229 e. The monoisotopic (exact) mass is 394 g/mol. The number of ether oxygens (including phenoxy) is 1. The van der Waals surface area contributed by atoms with E-state index in [1.807, 2.05) is 30.3 Å². The maximum absolute atomic E-state index is 13.1. The molecule has 2 aromatic carbocycles. The van der Waals surface area contributed by atoms with Crippen LogP contribution in [0.5, 0.6) is 5.75 Å². The van der Waals surface area contributed by atoms with Crippen molar-refractivity contribution in [3.05, 3.63) is 53.6 Å². The zero-order valence-electron chi connectivity index (χ0n) is 17.9. The van der Waals surface area contributed by atoms with Gasteiger partial charge in [0.15, 0.2) is 0 Å². The second-order valence-electron chi connectivity index (χ2n) is 8.19. The first kappa shape index (κ1) is 20.9. The van der Waals surface area contributed by atoms with Crippen molar-refractivity contribution in [3.63, 3.8) is 0 Å². The molecule has 5 nitrogen and oxygen atoms in total. The van der Waals surface area contributed by atoms with Gasteiger partial charge in [0.1, 0.15) is 5.75 Å². The molecule has 0 unspecified atom stereocenters. The third-order valence-electron chi connectivity index (χ3n) is 5.49. The van der Waals surface area contributed by atoms with E-state index in [4.69, 9.17) is 4.74 Å². The standard InChI is InChI=1S/C24H30N2O3/c1-15(2)18-9-8-10-19(16(3)4)23(18)25-24(28)17-13-22(27)26(14-17)20-11-6-7-12-21(20)29-5/h6-12,15-17H,13-14H2,1-5H3,(H,25,28)/t17-/m1/s1. The summed E-state index contributed by atoms with van der Waals surface area (Å²) in [5, 5.41) is 3.16. The topological polar surface area (TPSA) is 58.6 Å². The van der Waals surface area contributed by atoms with Gasteiger partial charge in [0.25, 0.3) is 0 Å². The van der Waals surface area contributed by atoms with Gasteiger partial charge in [-0.25, -0.2) is 0 Å². The van der Waals surface area contributed by atoms with Gasteiger partial charge in [0, 0.05) is 18.7 Å². The van der Waals surface area contributed by atoms with Crippen LogP contribution >= 0.6 is 0 Å². The van der Waals surface area contributed by atoms with E-state index < -0.39 is 5.92 Å². The van der Waals surface area contributed by atoms with Crippen LogP contribution in [0.1, 0.15) is 57.1 Å². The van der Waals surface area contributed by atoms with Crippen LogP contribution in [0.2, 0.25) is 0 Å². The third-order valence-corrected chi connectivity index (χ3v) is 5.49. The van der Waals surface area contributed by atoms with Gasteiger partial charge in [-0.1, -0.05) is 58.0 Å². The fraction of sp³-hybridized carbons (Fsp3) is 0.417. The fourth-order valence-electron chi connectivity index (χ4n) is 3.89. The highest BCUT2D eigenvalue weighted by Gasteiger charge is 2.36. The summed E-state index contributed by atoms with van der Waals surface area (Å²) < 4.78 is 5.39.